The van der Waals surface area contributed by atoms with Crippen LogP contribution in [0, 0.1) is 22.7 Å². The lowest BCUT2D eigenvalue weighted by molar-refractivity contribution is -0.162. The fourth-order valence-corrected chi connectivity index (χ4v) is 6.11. The quantitative estimate of drug-likeness (QED) is 0.0600. The first-order valence-corrected chi connectivity index (χ1v) is 20.1. The number of rotatable bonds is 15. The van der Waals surface area contributed by atoms with Gasteiger partial charge < -0.3 is 44.5 Å². The van der Waals surface area contributed by atoms with Crippen LogP contribution < -0.4 is 21.1 Å². The number of pyridine rings is 1. The first kappa shape index (κ1) is 47.2. The van der Waals surface area contributed by atoms with Crippen molar-refractivity contribution in [1.82, 2.24) is 20.6 Å². The van der Waals surface area contributed by atoms with E-state index in [0.29, 0.717) is 22.2 Å². The zero-order valence-electron chi connectivity index (χ0n) is 34.8. The maximum atomic E-state index is 13.1. The number of thioether (sulfide) groups is 1. The van der Waals surface area contributed by atoms with E-state index in [4.69, 9.17) is 45.4 Å². The second kappa shape index (κ2) is 20.7. The van der Waals surface area contributed by atoms with Crippen LogP contribution in [-0.4, -0.2) is 76.7 Å². The van der Waals surface area contributed by atoms with Crippen molar-refractivity contribution in [3.05, 3.63) is 76.6 Å². The highest BCUT2D eigenvalue weighted by atomic mass is 35.5. The van der Waals surface area contributed by atoms with E-state index in [-0.39, 0.29) is 45.6 Å². The van der Waals surface area contributed by atoms with Crippen molar-refractivity contribution in [3.63, 3.8) is 0 Å². The van der Waals surface area contributed by atoms with E-state index in [1.165, 1.54) is 31.9 Å². The number of amides is 2. The summed E-state index contributed by atoms with van der Waals surface area (Å²) in [5, 5.41) is 26.0. The molecule has 322 valence electrons. The van der Waals surface area contributed by atoms with Gasteiger partial charge in [-0.2, -0.15) is 10.5 Å². The van der Waals surface area contributed by atoms with Crippen molar-refractivity contribution < 1.29 is 47.3 Å². The van der Waals surface area contributed by atoms with Crippen LogP contribution in [0.15, 0.2) is 64.2 Å². The number of aromatic nitrogens is 2. The Kier molecular flexibility index (Phi) is 16.0. The molecular weight excluding hydrogens is 830 g/mol. The van der Waals surface area contributed by atoms with Crippen molar-refractivity contribution >= 4 is 53.3 Å². The fourth-order valence-electron chi connectivity index (χ4n) is 5.11. The molecule has 17 nitrogen and oxygen atoms in total. The van der Waals surface area contributed by atoms with Crippen LogP contribution >= 0.6 is 23.4 Å². The van der Waals surface area contributed by atoms with E-state index in [1.54, 1.807) is 90.1 Å². The highest BCUT2D eigenvalue weighted by molar-refractivity contribution is 7.98. The molecule has 0 aliphatic heterocycles. The molecule has 0 spiro atoms. The van der Waals surface area contributed by atoms with Crippen molar-refractivity contribution in [2.24, 2.45) is 0 Å². The number of alkyl carbamates (subject to hydrolysis) is 2. The Labute approximate surface area is 362 Å². The topological polar surface area (TPSA) is 251 Å². The van der Waals surface area contributed by atoms with Crippen molar-refractivity contribution in [1.29, 1.82) is 10.5 Å². The Morgan fingerprint density at radius 1 is 0.820 bits per heavy atom. The lowest BCUT2D eigenvalue weighted by atomic mass is 9.97. The number of nitrogens with one attached hydrogen (secondary N) is 2. The van der Waals surface area contributed by atoms with E-state index in [1.807, 2.05) is 6.07 Å². The van der Waals surface area contributed by atoms with Gasteiger partial charge in [0, 0.05) is 21.9 Å². The number of nitrogens with zero attached hydrogens (tertiary/aromatic N) is 4. The Balaban J connectivity index is 1.50. The molecule has 0 aliphatic rings. The number of carbonyl (C=O) groups is 4. The minimum Gasteiger partial charge on any atom is -0.490 e. The van der Waals surface area contributed by atoms with Gasteiger partial charge in [0.15, 0.2) is 6.10 Å². The standard InChI is InChI=1S/C42H46ClN7O10S/c1-23(47-39(53)59-41(3,4)5)37(51)57-21-30(58-38(52)24(2)48-40(54)60-42(6,7)8)20-55-29-15-11-25(12-16-29)33-31(17-44)34(46)50-36(32(33)18-45)61-22-28-19-56-35(49-28)26-9-13-27(43)14-10-26/h9-16,19,23-24,30H,20-22H2,1-8H3,(H2,46,50)(H,47,53)(H,48,54)/t23?,24?,30-/m1/s1. The van der Waals surface area contributed by atoms with Gasteiger partial charge in [0.2, 0.25) is 5.89 Å². The van der Waals surface area contributed by atoms with Gasteiger partial charge in [0.25, 0.3) is 0 Å². The molecule has 2 unspecified atom stereocenters. The monoisotopic (exact) mass is 875 g/mol. The predicted octanol–water partition coefficient (Wildman–Crippen LogP) is 7.34. The molecule has 2 heterocycles. The molecule has 0 aliphatic carbocycles. The number of oxazole rings is 1. The summed E-state index contributed by atoms with van der Waals surface area (Å²) in [5.41, 5.74) is 6.74. The molecule has 0 fully saturated rings. The number of esters is 2. The van der Waals surface area contributed by atoms with Crippen molar-refractivity contribution in [3.8, 4) is 40.5 Å². The van der Waals surface area contributed by atoms with Crippen LogP contribution in [0.1, 0.15) is 72.2 Å². The van der Waals surface area contributed by atoms with Gasteiger partial charge >= 0.3 is 24.1 Å². The second-order valence-electron chi connectivity index (χ2n) is 15.4. The van der Waals surface area contributed by atoms with Crippen molar-refractivity contribution in [2.45, 2.75) is 95.6 Å². The van der Waals surface area contributed by atoms with E-state index < -0.39 is 60.1 Å². The Bertz CT molecular complexity index is 2290. The number of benzene rings is 2. The second-order valence-corrected chi connectivity index (χ2v) is 16.8. The summed E-state index contributed by atoms with van der Waals surface area (Å²) in [5.74, 6) is -0.880. The summed E-state index contributed by atoms with van der Waals surface area (Å²) in [4.78, 5) is 59.2. The smallest absolute Gasteiger partial charge is 0.408 e. The van der Waals surface area contributed by atoms with Gasteiger partial charge in [0.05, 0.1) is 11.3 Å². The number of hydrogen-bond acceptors (Lipinski definition) is 16. The zero-order valence-corrected chi connectivity index (χ0v) is 36.4. The average Bonchev–Trinajstić information content (AvgIpc) is 3.65. The minimum absolute atomic E-state index is 0.000630. The molecule has 3 atom stereocenters. The SMILES string of the molecule is CC(NC(=O)OC(C)(C)C)C(=O)OC[C@@H](COc1ccc(-c2c(C#N)c(N)nc(SCc3coc(-c4ccc(Cl)cc4)n3)c2C#N)cc1)OC(=O)C(C)NC(=O)OC(C)(C)C. The van der Waals surface area contributed by atoms with Crippen LogP contribution in [0.5, 0.6) is 5.75 Å². The lowest BCUT2D eigenvalue weighted by Crippen LogP contribution is -2.45. The highest BCUT2D eigenvalue weighted by Crippen LogP contribution is 2.37. The van der Waals surface area contributed by atoms with Gasteiger partial charge in [0.1, 0.15) is 77.1 Å². The summed E-state index contributed by atoms with van der Waals surface area (Å²) in [6.07, 6.45) is -1.39. The Morgan fingerprint density at radius 3 is 1.93 bits per heavy atom. The fraction of sp³-hybridized carbons (Fsp3) is 0.381. The average molecular weight is 876 g/mol. The van der Waals surface area contributed by atoms with E-state index in [2.05, 4.69) is 26.7 Å². The van der Waals surface area contributed by atoms with Crippen molar-refractivity contribution in [2.75, 3.05) is 18.9 Å². The normalized spacial score (nSPS) is 12.7. The number of carbonyl (C=O) groups excluding carboxylic acids is 4. The lowest BCUT2D eigenvalue weighted by Gasteiger charge is -2.24. The molecule has 0 saturated heterocycles. The first-order valence-electron chi connectivity index (χ1n) is 18.7. The van der Waals surface area contributed by atoms with Crippen LogP contribution in [0.2, 0.25) is 5.02 Å². The molecule has 4 aromatic rings. The van der Waals surface area contributed by atoms with Gasteiger partial charge in [-0.3, -0.25) is 0 Å². The maximum Gasteiger partial charge on any atom is 0.408 e. The number of nitrogen functional groups attached to an aromatic ring is 1. The molecule has 19 heteroatoms. The third-order valence-corrected chi connectivity index (χ3v) is 9.12. The molecule has 0 saturated carbocycles. The van der Waals surface area contributed by atoms with Crippen LogP contribution in [0.3, 0.4) is 0 Å². The summed E-state index contributed by atoms with van der Waals surface area (Å²) < 4.78 is 32.9. The number of nitriles is 2. The van der Waals surface area contributed by atoms with Gasteiger partial charge in [-0.1, -0.05) is 35.5 Å². The molecule has 0 radical (unpaired) electrons. The highest BCUT2D eigenvalue weighted by Gasteiger charge is 2.28. The third kappa shape index (κ3) is 14.3. The summed E-state index contributed by atoms with van der Waals surface area (Å²) in [6, 6.07) is 15.2. The summed E-state index contributed by atoms with van der Waals surface area (Å²) in [6.45, 7) is 11.9. The minimum atomic E-state index is -1.20. The first-order chi connectivity index (χ1) is 28.7. The molecule has 2 aromatic heterocycles. The molecule has 2 amide bonds. The van der Waals surface area contributed by atoms with E-state index >= 15 is 0 Å². The van der Waals surface area contributed by atoms with Crippen LogP contribution in [0.25, 0.3) is 22.6 Å². The maximum absolute atomic E-state index is 13.1. The van der Waals surface area contributed by atoms with Gasteiger partial charge in [-0.15, -0.1) is 0 Å². The zero-order chi connectivity index (χ0) is 45.1. The molecule has 61 heavy (non-hydrogen) atoms. The Morgan fingerprint density at radius 2 is 1.38 bits per heavy atom. The third-order valence-electron chi connectivity index (χ3n) is 7.86. The van der Waals surface area contributed by atoms with Crippen LogP contribution in [0.4, 0.5) is 15.4 Å². The van der Waals surface area contributed by atoms with Gasteiger partial charge in [-0.25, -0.2) is 29.1 Å². The van der Waals surface area contributed by atoms with E-state index in [0.717, 1.165) is 5.56 Å². The number of anilines is 1. The number of nitrogens with two attached hydrogens (primary N) is 1. The number of hydrogen-bond donors (Lipinski definition) is 3. The summed E-state index contributed by atoms with van der Waals surface area (Å²) >= 11 is 7.19. The van der Waals surface area contributed by atoms with E-state index in [9.17, 15) is 29.7 Å². The largest absolute Gasteiger partial charge is 0.490 e. The molecule has 0 bridgehead atoms. The summed E-state index contributed by atoms with van der Waals surface area (Å²) in [7, 11) is 0. The predicted molar refractivity (Wildman–Crippen MR) is 224 cm³/mol. The molecule has 4 N–H and O–H groups in total. The molecule has 4 rings (SSSR count). The van der Waals surface area contributed by atoms with Crippen LogP contribution in [-0.2, 0) is 34.3 Å². The molecular formula is C42H46ClN7O10S. The number of halogens is 1. The molecule has 2 aromatic carbocycles. The Hall–Kier alpha value is -6.50. The number of ether oxygens (including phenoxy) is 5. The van der Waals surface area contributed by atoms with Gasteiger partial charge in [-0.05, 0) is 97.4 Å².